The number of thioether (sulfide) groups is 1. The summed E-state index contributed by atoms with van der Waals surface area (Å²) in [4.78, 5) is 12.6. The number of aromatic nitrogens is 5. The first-order valence-electron chi connectivity index (χ1n) is 10.0. The van der Waals surface area contributed by atoms with Crippen LogP contribution in [0.15, 0.2) is 72.0 Å². The van der Waals surface area contributed by atoms with E-state index in [1.54, 1.807) is 16.9 Å². The average Bonchev–Trinajstić information content (AvgIpc) is 3.34. The molecule has 0 spiro atoms. The zero-order valence-corrected chi connectivity index (χ0v) is 18.3. The predicted octanol–water partition coefficient (Wildman–Crippen LogP) is 3.92. The predicted molar refractivity (Wildman–Crippen MR) is 122 cm³/mol. The quantitative estimate of drug-likeness (QED) is 0.427. The number of rotatable bonds is 8. The van der Waals surface area contributed by atoms with E-state index in [-0.39, 0.29) is 11.7 Å². The summed E-state index contributed by atoms with van der Waals surface area (Å²) in [6.07, 6.45) is 1.69. The Morgan fingerprint density at radius 2 is 1.77 bits per heavy atom. The molecular formula is C23H24N6OS. The van der Waals surface area contributed by atoms with Crippen LogP contribution in [-0.4, -0.2) is 36.2 Å². The fourth-order valence-electron chi connectivity index (χ4n) is 3.27. The van der Waals surface area contributed by atoms with E-state index in [0.717, 1.165) is 22.1 Å². The Kier molecular flexibility index (Phi) is 6.47. The van der Waals surface area contributed by atoms with E-state index >= 15 is 0 Å². The Labute approximate surface area is 185 Å². The summed E-state index contributed by atoms with van der Waals surface area (Å²) in [7, 11) is 0. The summed E-state index contributed by atoms with van der Waals surface area (Å²) in [6, 6.07) is 20.2. The maximum atomic E-state index is 12.6. The van der Waals surface area contributed by atoms with E-state index in [0.29, 0.717) is 18.9 Å². The van der Waals surface area contributed by atoms with Gasteiger partial charge in [-0.3, -0.25) is 4.79 Å². The molecule has 1 amide bonds. The van der Waals surface area contributed by atoms with Crippen LogP contribution >= 0.6 is 11.8 Å². The van der Waals surface area contributed by atoms with Crippen LogP contribution in [-0.2, 0) is 17.9 Å². The number of anilines is 1. The highest BCUT2D eigenvalue weighted by Crippen LogP contribution is 2.19. The zero-order valence-electron chi connectivity index (χ0n) is 17.5. The number of hydrogen-bond acceptors (Lipinski definition) is 5. The number of carbonyl (C=O) groups is 1. The van der Waals surface area contributed by atoms with Gasteiger partial charge in [0.15, 0.2) is 5.16 Å². The minimum Gasteiger partial charge on any atom is -0.310 e. The number of nitrogens with one attached hydrogen (secondary N) is 1. The maximum absolute atomic E-state index is 12.6. The van der Waals surface area contributed by atoms with E-state index in [2.05, 4.69) is 57.9 Å². The second-order valence-corrected chi connectivity index (χ2v) is 8.24. The Hall–Kier alpha value is -3.39. The van der Waals surface area contributed by atoms with Crippen LogP contribution in [0.4, 0.5) is 5.82 Å². The second-order valence-electron chi connectivity index (χ2n) is 7.30. The molecule has 7 nitrogen and oxygen atoms in total. The highest BCUT2D eigenvalue weighted by atomic mass is 32.2. The molecule has 0 aliphatic heterocycles. The molecule has 0 fully saturated rings. The largest absolute Gasteiger partial charge is 0.310 e. The molecule has 0 radical (unpaired) electrons. The molecule has 0 bridgehead atoms. The van der Waals surface area contributed by atoms with Crippen molar-refractivity contribution in [3.8, 4) is 0 Å². The monoisotopic (exact) mass is 432 g/mol. The first-order chi connectivity index (χ1) is 15.1. The molecule has 158 valence electrons. The number of carbonyl (C=O) groups excluding carboxylic acids is 1. The van der Waals surface area contributed by atoms with Gasteiger partial charge in [-0.1, -0.05) is 71.9 Å². The van der Waals surface area contributed by atoms with Crippen molar-refractivity contribution >= 4 is 23.5 Å². The Balaban J connectivity index is 1.37. The van der Waals surface area contributed by atoms with E-state index in [9.17, 15) is 4.79 Å². The van der Waals surface area contributed by atoms with Crippen molar-refractivity contribution in [3.05, 3.63) is 89.4 Å². The Morgan fingerprint density at radius 3 is 2.58 bits per heavy atom. The van der Waals surface area contributed by atoms with Crippen LogP contribution in [0.25, 0.3) is 0 Å². The molecule has 0 saturated carbocycles. The van der Waals surface area contributed by atoms with Crippen LogP contribution in [0.3, 0.4) is 0 Å². The van der Waals surface area contributed by atoms with Crippen molar-refractivity contribution in [1.29, 1.82) is 0 Å². The molecule has 1 N–H and O–H groups in total. The molecule has 4 aromatic rings. The molecule has 0 aliphatic rings. The number of benzene rings is 2. The minimum absolute atomic E-state index is 0.108. The lowest BCUT2D eigenvalue weighted by atomic mass is 10.1. The van der Waals surface area contributed by atoms with E-state index in [1.165, 1.54) is 17.3 Å². The van der Waals surface area contributed by atoms with Crippen LogP contribution in [0.2, 0.25) is 0 Å². The van der Waals surface area contributed by atoms with Gasteiger partial charge in [0, 0.05) is 6.07 Å². The lowest BCUT2D eigenvalue weighted by Crippen LogP contribution is -2.18. The highest BCUT2D eigenvalue weighted by molar-refractivity contribution is 7.99. The number of nitrogens with zero attached hydrogens (tertiary/aromatic N) is 5. The number of aryl methyl sites for hydroxylation is 2. The normalized spacial score (nSPS) is 10.9. The smallest absolute Gasteiger partial charge is 0.235 e. The standard InChI is InChI=1S/C23H24N6OS/c1-17-7-6-10-20(13-17)15-29-21(11-12-24-29)25-22(30)16-31-23-27-26-18(2)28(23)14-19-8-4-3-5-9-19/h3-13H,14-16H2,1-2H3,(H,25,30). The second kappa shape index (κ2) is 9.61. The summed E-state index contributed by atoms with van der Waals surface area (Å²) in [5.41, 5.74) is 3.50. The van der Waals surface area contributed by atoms with Gasteiger partial charge in [0.25, 0.3) is 0 Å². The summed E-state index contributed by atoms with van der Waals surface area (Å²) in [5, 5.41) is 16.4. The molecule has 0 saturated heterocycles. The first-order valence-corrected chi connectivity index (χ1v) is 11.0. The molecule has 31 heavy (non-hydrogen) atoms. The van der Waals surface area contributed by atoms with E-state index in [1.807, 2.05) is 35.8 Å². The van der Waals surface area contributed by atoms with E-state index < -0.39 is 0 Å². The lowest BCUT2D eigenvalue weighted by Gasteiger charge is -2.10. The van der Waals surface area contributed by atoms with Gasteiger partial charge in [-0.05, 0) is 25.0 Å². The third-order valence-corrected chi connectivity index (χ3v) is 5.78. The van der Waals surface area contributed by atoms with Crippen LogP contribution < -0.4 is 5.32 Å². The van der Waals surface area contributed by atoms with Crippen molar-refractivity contribution in [3.63, 3.8) is 0 Å². The molecule has 0 aliphatic carbocycles. The highest BCUT2D eigenvalue weighted by Gasteiger charge is 2.14. The van der Waals surface area contributed by atoms with Crippen molar-refractivity contribution < 1.29 is 4.79 Å². The Morgan fingerprint density at radius 1 is 0.968 bits per heavy atom. The lowest BCUT2D eigenvalue weighted by molar-refractivity contribution is -0.113. The first kappa shape index (κ1) is 20.9. The summed E-state index contributed by atoms with van der Waals surface area (Å²) < 4.78 is 3.81. The van der Waals surface area contributed by atoms with Crippen molar-refractivity contribution in [2.45, 2.75) is 32.1 Å². The fraction of sp³-hybridized carbons (Fsp3) is 0.217. The molecular weight excluding hydrogens is 408 g/mol. The molecule has 0 unspecified atom stereocenters. The van der Waals surface area contributed by atoms with Crippen LogP contribution in [0.5, 0.6) is 0 Å². The summed E-state index contributed by atoms with van der Waals surface area (Å²) in [6.45, 7) is 5.25. The van der Waals surface area contributed by atoms with Crippen molar-refractivity contribution in [1.82, 2.24) is 24.5 Å². The van der Waals surface area contributed by atoms with Crippen molar-refractivity contribution in [2.75, 3.05) is 11.1 Å². The molecule has 2 aromatic carbocycles. The van der Waals surface area contributed by atoms with Gasteiger partial charge in [-0.15, -0.1) is 10.2 Å². The van der Waals surface area contributed by atoms with Gasteiger partial charge >= 0.3 is 0 Å². The van der Waals surface area contributed by atoms with Gasteiger partial charge in [0.1, 0.15) is 11.6 Å². The zero-order chi connectivity index (χ0) is 21.6. The number of hydrogen-bond donors (Lipinski definition) is 1. The van der Waals surface area contributed by atoms with Gasteiger partial charge < -0.3 is 9.88 Å². The van der Waals surface area contributed by atoms with E-state index in [4.69, 9.17) is 0 Å². The molecule has 4 rings (SSSR count). The molecule has 2 heterocycles. The third-order valence-electron chi connectivity index (χ3n) is 4.82. The number of amides is 1. The molecule has 8 heteroatoms. The van der Waals surface area contributed by atoms with Gasteiger partial charge in [0.05, 0.1) is 25.0 Å². The van der Waals surface area contributed by atoms with Gasteiger partial charge in [0.2, 0.25) is 5.91 Å². The SMILES string of the molecule is Cc1cccc(Cn2nccc2NC(=O)CSc2nnc(C)n2Cc2ccccc2)c1. The van der Waals surface area contributed by atoms with Crippen LogP contribution in [0, 0.1) is 13.8 Å². The summed E-state index contributed by atoms with van der Waals surface area (Å²) in [5.74, 6) is 1.63. The fourth-order valence-corrected chi connectivity index (χ4v) is 4.06. The van der Waals surface area contributed by atoms with Crippen LogP contribution in [0.1, 0.15) is 22.5 Å². The van der Waals surface area contributed by atoms with Crippen molar-refractivity contribution in [2.24, 2.45) is 0 Å². The topological polar surface area (TPSA) is 77.6 Å². The third kappa shape index (κ3) is 5.40. The molecule has 0 atom stereocenters. The Bertz CT molecular complexity index is 1170. The average molecular weight is 433 g/mol. The minimum atomic E-state index is -0.108. The van der Waals surface area contributed by atoms with Gasteiger partial charge in [-0.25, -0.2) is 4.68 Å². The molecule has 2 aromatic heterocycles. The van der Waals surface area contributed by atoms with Gasteiger partial charge in [-0.2, -0.15) is 5.10 Å². The maximum Gasteiger partial charge on any atom is 0.235 e. The summed E-state index contributed by atoms with van der Waals surface area (Å²) >= 11 is 1.38.